The van der Waals surface area contributed by atoms with Gasteiger partial charge in [-0.3, -0.25) is 4.79 Å². The van der Waals surface area contributed by atoms with Gasteiger partial charge in [-0.25, -0.2) is 0 Å². The molecule has 3 atom stereocenters. The summed E-state index contributed by atoms with van der Waals surface area (Å²) in [6, 6.07) is 6.24. The molecular formula is C18H23NO3. The summed E-state index contributed by atoms with van der Waals surface area (Å²) in [7, 11) is 0. The highest BCUT2D eigenvalue weighted by Gasteiger charge is 2.62. The molecule has 0 spiro atoms. The van der Waals surface area contributed by atoms with Crippen LogP contribution in [0.1, 0.15) is 43.7 Å². The van der Waals surface area contributed by atoms with Crippen molar-refractivity contribution < 1.29 is 14.6 Å². The fourth-order valence-electron chi connectivity index (χ4n) is 4.95. The largest absolute Gasteiger partial charge is 0.494 e. The van der Waals surface area contributed by atoms with Crippen molar-refractivity contribution in [3.8, 4) is 5.75 Å². The van der Waals surface area contributed by atoms with Crippen molar-refractivity contribution in [3.63, 3.8) is 0 Å². The number of Topliss-reactive ketones (excluding diaryl/α,β-unsaturated/α-hetero) is 1. The Morgan fingerprint density at radius 2 is 2.27 bits per heavy atom. The molecule has 0 amide bonds. The quantitative estimate of drug-likeness (QED) is 0.873. The summed E-state index contributed by atoms with van der Waals surface area (Å²) in [5.41, 5.74) is 1.16. The Bertz CT molecular complexity index is 629. The van der Waals surface area contributed by atoms with Gasteiger partial charge >= 0.3 is 0 Å². The summed E-state index contributed by atoms with van der Waals surface area (Å²) in [6.45, 7) is 3.45. The molecule has 1 aromatic rings. The molecule has 1 aliphatic heterocycles. The number of nitrogens with one attached hydrogen (secondary N) is 1. The van der Waals surface area contributed by atoms with Crippen LogP contribution in [0.4, 0.5) is 0 Å². The summed E-state index contributed by atoms with van der Waals surface area (Å²) < 4.78 is 5.66. The van der Waals surface area contributed by atoms with E-state index in [9.17, 15) is 9.90 Å². The third kappa shape index (κ3) is 1.74. The number of fused-ring (bicyclic) bond motifs is 1. The molecule has 0 radical (unpaired) electrons. The Kier molecular flexibility index (Phi) is 3.10. The van der Waals surface area contributed by atoms with Crippen molar-refractivity contribution >= 4 is 5.78 Å². The third-order valence-corrected chi connectivity index (χ3v) is 5.96. The van der Waals surface area contributed by atoms with Crippen molar-refractivity contribution in [1.29, 1.82) is 0 Å². The molecule has 2 bridgehead atoms. The molecule has 4 heteroatoms. The fourth-order valence-corrected chi connectivity index (χ4v) is 4.95. The zero-order valence-electron chi connectivity index (χ0n) is 13.0. The minimum Gasteiger partial charge on any atom is -0.494 e. The van der Waals surface area contributed by atoms with Crippen molar-refractivity contribution in [1.82, 2.24) is 5.32 Å². The molecule has 4 nitrogen and oxygen atoms in total. The molecule has 1 heterocycles. The summed E-state index contributed by atoms with van der Waals surface area (Å²) in [6.07, 6.45) is 3.17. The zero-order valence-corrected chi connectivity index (χ0v) is 13.0. The Hall–Kier alpha value is -1.39. The number of ether oxygens (including phenoxy) is 1. The molecule has 4 rings (SSSR count). The van der Waals surface area contributed by atoms with Gasteiger partial charge < -0.3 is 15.2 Å². The molecule has 1 unspecified atom stereocenters. The SMILES string of the molecule is CCOc1ccc2c(c1)[C@]13CCN[C@H](C2)C1(O)CCC(=O)C3. The van der Waals surface area contributed by atoms with Gasteiger partial charge in [0.15, 0.2) is 0 Å². The number of benzene rings is 1. The van der Waals surface area contributed by atoms with Crippen LogP contribution in [0.2, 0.25) is 0 Å². The highest BCUT2D eigenvalue weighted by atomic mass is 16.5. The van der Waals surface area contributed by atoms with Gasteiger partial charge in [0, 0.05) is 24.3 Å². The predicted octanol–water partition coefficient (Wildman–Crippen LogP) is 1.73. The smallest absolute Gasteiger partial charge is 0.134 e. The first-order valence-electron chi connectivity index (χ1n) is 8.33. The van der Waals surface area contributed by atoms with Crippen LogP contribution in [0.5, 0.6) is 5.75 Å². The van der Waals surface area contributed by atoms with Crippen LogP contribution >= 0.6 is 0 Å². The highest BCUT2D eigenvalue weighted by Crippen LogP contribution is 2.55. The van der Waals surface area contributed by atoms with Crippen molar-refractivity contribution in [2.24, 2.45) is 0 Å². The van der Waals surface area contributed by atoms with Gasteiger partial charge in [0.05, 0.1) is 12.2 Å². The number of carbonyl (C=O) groups is 1. The van der Waals surface area contributed by atoms with E-state index >= 15 is 0 Å². The van der Waals surface area contributed by atoms with E-state index in [1.807, 2.05) is 13.0 Å². The molecule has 2 N–H and O–H groups in total. The fraction of sp³-hybridized carbons (Fsp3) is 0.611. The van der Waals surface area contributed by atoms with Crippen LogP contribution in [0.3, 0.4) is 0 Å². The Morgan fingerprint density at radius 1 is 1.41 bits per heavy atom. The molecule has 2 aliphatic carbocycles. The van der Waals surface area contributed by atoms with Gasteiger partial charge in [-0.2, -0.15) is 0 Å². The van der Waals surface area contributed by atoms with Crippen LogP contribution in [0, 0.1) is 0 Å². The second-order valence-electron chi connectivity index (χ2n) is 6.93. The van der Waals surface area contributed by atoms with Crippen LogP contribution in [-0.4, -0.2) is 35.7 Å². The molecule has 3 aliphatic rings. The molecule has 0 aromatic heterocycles. The number of rotatable bonds is 2. The minimum absolute atomic E-state index is 0.0554. The average Bonchev–Trinajstić information content (AvgIpc) is 2.49. The molecular weight excluding hydrogens is 278 g/mol. The van der Waals surface area contributed by atoms with E-state index in [4.69, 9.17) is 4.74 Å². The maximum Gasteiger partial charge on any atom is 0.134 e. The van der Waals surface area contributed by atoms with Crippen molar-refractivity contribution in [3.05, 3.63) is 29.3 Å². The Balaban J connectivity index is 1.90. The maximum absolute atomic E-state index is 12.2. The van der Waals surface area contributed by atoms with Crippen LogP contribution in [0.25, 0.3) is 0 Å². The number of carbonyl (C=O) groups excluding carboxylic acids is 1. The van der Waals surface area contributed by atoms with E-state index in [-0.39, 0.29) is 11.8 Å². The van der Waals surface area contributed by atoms with Gasteiger partial charge in [-0.05, 0) is 56.0 Å². The van der Waals surface area contributed by atoms with Gasteiger partial charge in [-0.1, -0.05) is 6.07 Å². The van der Waals surface area contributed by atoms with E-state index in [2.05, 4.69) is 17.4 Å². The summed E-state index contributed by atoms with van der Waals surface area (Å²) in [5.74, 6) is 1.12. The lowest BCUT2D eigenvalue weighted by Gasteiger charge is -2.60. The Labute approximate surface area is 130 Å². The first-order valence-corrected chi connectivity index (χ1v) is 8.33. The summed E-state index contributed by atoms with van der Waals surface area (Å²) >= 11 is 0. The van der Waals surface area contributed by atoms with E-state index in [1.165, 1.54) is 5.56 Å². The molecule has 1 saturated carbocycles. The van der Waals surface area contributed by atoms with Crippen LogP contribution < -0.4 is 10.1 Å². The number of hydrogen-bond donors (Lipinski definition) is 2. The second kappa shape index (κ2) is 4.80. The standard InChI is InChI=1S/C18H23NO3/c1-2-22-14-4-3-12-9-16-18(21)6-5-13(20)11-17(18,7-8-19-16)15(12)10-14/h3-4,10,16,19,21H,2,5-9,11H2,1H3/t16-,17-,18?/m1/s1. The molecule has 1 aromatic carbocycles. The third-order valence-electron chi connectivity index (χ3n) is 5.96. The molecule has 1 saturated heterocycles. The van der Waals surface area contributed by atoms with Crippen LogP contribution in [-0.2, 0) is 16.6 Å². The second-order valence-corrected chi connectivity index (χ2v) is 6.93. The average molecular weight is 301 g/mol. The van der Waals surface area contributed by atoms with E-state index in [1.54, 1.807) is 0 Å². The summed E-state index contributed by atoms with van der Waals surface area (Å²) in [5, 5.41) is 15.0. The number of hydrogen-bond acceptors (Lipinski definition) is 4. The number of ketones is 1. The van der Waals surface area contributed by atoms with Gasteiger partial charge in [0.25, 0.3) is 0 Å². The normalized spacial score (nSPS) is 36.5. The van der Waals surface area contributed by atoms with E-state index in [0.29, 0.717) is 25.9 Å². The maximum atomic E-state index is 12.2. The molecule has 22 heavy (non-hydrogen) atoms. The van der Waals surface area contributed by atoms with Gasteiger partial charge in [0.1, 0.15) is 11.5 Å². The predicted molar refractivity (Wildman–Crippen MR) is 83.2 cm³/mol. The van der Waals surface area contributed by atoms with Crippen molar-refractivity contribution in [2.45, 2.75) is 56.1 Å². The van der Waals surface area contributed by atoms with Gasteiger partial charge in [-0.15, -0.1) is 0 Å². The summed E-state index contributed by atoms with van der Waals surface area (Å²) in [4.78, 5) is 12.2. The number of piperidine rings is 1. The monoisotopic (exact) mass is 301 g/mol. The minimum atomic E-state index is -0.809. The zero-order chi connectivity index (χ0) is 15.4. The van der Waals surface area contributed by atoms with E-state index in [0.717, 1.165) is 30.7 Å². The highest BCUT2D eigenvalue weighted by molar-refractivity contribution is 5.82. The van der Waals surface area contributed by atoms with Crippen LogP contribution in [0.15, 0.2) is 18.2 Å². The molecule has 2 fully saturated rings. The molecule has 118 valence electrons. The Morgan fingerprint density at radius 3 is 3.09 bits per heavy atom. The van der Waals surface area contributed by atoms with E-state index < -0.39 is 11.0 Å². The van der Waals surface area contributed by atoms with Gasteiger partial charge in [0.2, 0.25) is 0 Å². The first kappa shape index (κ1) is 14.2. The lowest BCUT2D eigenvalue weighted by molar-refractivity contribution is -0.149. The first-order chi connectivity index (χ1) is 10.6. The number of aliphatic hydroxyl groups is 1. The van der Waals surface area contributed by atoms with Crippen molar-refractivity contribution in [2.75, 3.05) is 13.2 Å². The lowest BCUT2D eigenvalue weighted by Crippen LogP contribution is -2.72. The topological polar surface area (TPSA) is 58.6 Å². The lowest BCUT2D eigenvalue weighted by atomic mass is 9.50.